The molecule has 2 rings (SSSR count). The van der Waals surface area contributed by atoms with E-state index in [1.54, 1.807) is 0 Å². The van der Waals surface area contributed by atoms with Gasteiger partial charge in [0.1, 0.15) is 6.61 Å². The van der Waals surface area contributed by atoms with E-state index in [2.05, 4.69) is 0 Å². The first-order valence-corrected chi connectivity index (χ1v) is 7.37. The highest BCUT2D eigenvalue weighted by Gasteiger charge is 2.29. The second-order valence-corrected chi connectivity index (χ2v) is 5.48. The molecule has 2 aromatic rings. The summed E-state index contributed by atoms with van der Waals surface area (Å²) in [4.78, 5) is 35.2. The zero-order valence-electron chi connectivity index (χ0n) is 13.9. The molecule has 0 spiro atoms. The van der Waals surface area contributed by atoms with Gasteiger partial charge in [0, 0.05) is 26.4 Å². The van der Waals surface area contributed by atoms with Crippen LogP contribution in [0.2, 0.25) is 0 Å². The molecule has 9 heteroatoms. The van der Waals surface area contributed by atoms with Crippen molar-refractivity contribution in [3.8, 4) is 0 Å². The van der Waals surface area contributed by atoms with E-state index in [-0.39, 0.29) is 12.2 Å². The molecule has 0 saturated heterocycles. The van der Waals surface area contributed by atoms with Crippen LogP contribution in [-0.2, 0) is 36.4 Å². The van der Waals surface area contributed by atoms with E-state index in [0.29, 0.717) is 5.56 Å². The molecule has 0 N–H and O–H groups in total. The summed E-state index contributed by atoms with van der Waals surface area (Å²) in [6, 6.07) is 4.21. The molecule has 0 saturated carbocycles. The molecule has 6 nitrogen and oxygen atoms in total. The van der Waals surface area contributed by atoms with Gasteiger partial charge in [-0.3, -0.25) is 9.36 Å². The van der Waals surface area contributed by atoms with Gasteiger partial charge < -0.3 is 9.30 Å². The molecule has 0 fully saturated rings. The number of aryl methyl sites for hydroxylation is 1. The van der Waals surface area contributed by atoms with Gasteiger partial charge in [-0.15, -0.1) is 0 Å². The summed E-state index contributed by atoms with van der Waals surface area (Å²) in [5, 5.41) is 0. The fourth-order valence-electron chi connectivity index (χ4n) is 2.10. The predicted molar refractivity (Wildman–Crippen MR) is 87.2 cm³/mol. The molecule has 0 aliphatic heterocycles. The molecule has 1 heterocycles. The zero-order chi connectivity index (χ0) is 19.5. The van der Waals surface area contributed by atoms with Crippen molar-refractivity contribution in [3.63, 3.8) is 0 Å². The highest BCUT2D eigenvalue weighted by Crippen LogP contribution is 2.29. The van der Waals surface area contributed by atoms with Crippen LogP contribution in [0.15, 0.2) is 46.1 Å². The Morgan fingerprint density at radius 1 is 1.15 bits per heavy atom. The van der Waals surface area contributed by atoms with Crippen LogP contribution in [-0.4, -0.2) is 15.1 Å². The van der Waals surface area contributed by atoms with E-state index in [1.165, 1.54) is 43.1 Å². The summed E-state index contributed by atoms with van der Waals surface area (Å²) < 4.78 is 44.4. The third kappa shape index (κ3) is 4.50. The lowest BCUT2D eigenvalue weighted by Gasteiger charge is -2.07. The minimum Gasteiger partial charge on any atom is -0.458 e. The van der Waals surface area contributed by atoms with Crippen molar-refractivity contribution in [3.05, 3.63) is 74.1 Å². The SMILES string of the molecule is Cn1cc(/C=C/C(=O)OCc2ccc(C(F)(F)F)cc2)c(=O)n(C)c1=O. The average molecular weight is 368 g/mol. The molecule has 0 amide bonds. The summed E-state index contributed by atoms with van der Waals surface area (Å²) in [5.74, 6) is -0.777. The molecule has 1 aromatic heterocycles. The lowest BCUT2D eigenvalue weighted by atomic mass is 10.1. The van der Waals surface area contributed by atoms with Gasteiger partial charge in [0.05, 0.1) is 11.1 Å². The van der Waals surface area contributed by atoms with Crippen LogP contribution in [0.1, 0.15) is 16.7 Å². The summed E-state index contributed by atoms with van der Waals surface area (Å²) in [6.07, 6.45) is -0.938. The lowest BCUT2D eigenvalue weighted by Crippen LogP contribution is -2.37. The monoisotopic (exact) mass is 368 g/mol. The van der Waals surface area contributed by atoms with Gasteiger partial charge in [0.2, 0.25) is 0 Å². The van der Waals surface area contributed by atoms with Crippen molar-refractivity contribution in [2.45, 2.75) is 12.8 Å². The van der Waals surface area contributed by atoms with Crippen LogP contribution in [0.4, 0.5) is 13.2 Å². The summed E-state index contributed by atoms with van der Waals surface area (Å²) in [5.41, 5.74) is -1.37. The molecule has 0 aliphatic carbocycles. The fraction of sp³-hybridized carbons (Fsp3) is 0.235. The van der Waals surface area contributed by atoms with E-state index >= 15 is 0 Å². The smallest absolute Gasteiger partial charge is 0.416 e. The number of rotatable bonds is 4. The molecule has 0 bridgehead atoms. The molecule has 1 aromatic carbocycles. The number of ether oxygens (including phenoxy) is 1. The van der Waals surface area contributed by atoms with E-state index < -0.39 is 29.0 Å². The van der Waals surface area contributed by atoms with Crippen LogP contribution < -0.4 is 11.2 Å². The molecular weight excluding hydrogens is 353 g/mol. The van der Waals surface area contributed by atoms with Crippen molar-refractivity contribution in [2.75, 3.05) is 0 Å². The van der Waals surface area contributed by atoms with Crippen LogP contribution in [0.25, 0.3) is 6.08 Å². The lowest BCUT2D eigenvalue weighted by molar-refractivity contribution is -0.139. The molecule has 138 valence electrons. The van der Waals surface area contributed by atoms with Gasteiger partial charge in [0.25, 0.3) is 5.56 Å². The number of nitrogens with zero attached hydrogens (tertiary/aromatic N) is 2. The maximum Gasteiger partial charge on any atom is 0.416 e. The maximum atomic E-state index is 12.5. The highest BCUT2D eigenvalue weighted by atomic mass is 19.4. The molecule has 26 heavy (non-hydrogen) atoms. The van der Waals surface area contributed by atoms with Gasteiger partial charge in [-0.2, -0.15) is 13.2 Å². The molecule has 0 radical (unpaired) electrons. The van der Waals surface area contributed by atoms with Crippen molar-refractivity contribution < 1.29 is 22.7 Å². The largest absolute Gasteiger partial charge is 0.458 e. The van der Waals surface area contributed by atoms with Gasteiger partial charge in [-0.05, 0) is 23.8 Å². The Bertz CT molecular complexity index is 954. The van der Waals surface area contributed by atoms with Crippen LogP contribution in [0.3, 0.4) is 0 Å². The molecule has 0 atom stereocenters. The summed E-state index contributed by atoms with van der Waals surface area (Å²) in [7, 11) is 2.77. The number of aromatic nitrogens is 2. The minimum absolute atomic E-state index is 0.112. The normalized spacial score (nSPS) is 11.7. The third-order valence-electron chi connectivity index (χ3n) is 3.53. The second kappa shape index (κ2) is 7.42. The highest BCUT2D eigenvalue weighted by molar-refractivity contribution is 5.86. The van der Waals surface area contributed by atoms with E-state index in [9.17, 15) is 27.6 Å². The Kier molecular flexibility index (Phi) is 5.49. The molecular formula is C17H15F3N2O4. The quantitative estimate of drug-likeness (QED) is 0.610. The standard InChI is InChI=1S/C17H15F3N2O4/c1-21-9-12(15(24)22(2)16(21)25)5-8-14(23)26-10-11-3-6-13(7-4-11)17(18,19)20/h3-9H,10H2,1-2H3/b8-5+. The van der Waals surface area contributed by atoms with Gasteiger partial charge in [-0.25, -0.2) is 9.59 Å². The van der Waals surface area contributed by atoms with Gasteiger partial charge in [0.15, 0.2) is 0 Å². The maximum absolute atomic E-state index is 12.5. The number of carbonyl (C=O) groups is 1. The first kappa shape index (κ1) is 19.2. The van der Waals surface area contributed by atoms with E-state index in [0.717, 1.165) is 22.8 Å². The Morgan fingerprint density at radius 3 is 2.35 bits per heavy atom. The van der Waals surface area contributed by atoms with E-state index in [1.807, 2.05) is 0 Å². The number of alkyl halides is 3. The summed E-state index contributed by atoms with van der Waals surface area (Å²) >= 11 is 0. The number of carbonyl (C=O) groups excluding carboxylic acids is 1. The Morgan fingerprint density at radius 2 is 1.77 bits per heavy atom. The summed E-state index contributed by atoms with van der Waals surface area (Å²) in [6.45, 7) is -0.216. The Balaban J connectivity index is 2.02. The molecule has 0 aliphatic rings. The number of hydrogen-bond donors (Lipinski definition) is 0. The Labute approximate surface area is 145 Å². The number of halogens is 3. The zero-order valence-corrected chi connectivity index (χ0v) is 13.9. The number of benzene rings is 1. The van der Waals surface area contributed by atoms with Crippen molar-refractivity contribution in [2.24, 2.45) is 14.1 Å². The Hall–Kier alpha value is -3.10. The first-order chi connectivity index (χ1) is 12.1. The van der Waals surface area contributed by atoms with Crippen LogP contribution in [0.5, 0.6) is 0 Å². The topological polar surface area (TPSA) is 70.3 Å². The second-order valence-electron chi connectivity index (χ2n) is 5.48. The predicted octanol–water partition coefficient (Wildman–Crippen LogP) is 1.86. The van der Waals surface area contributed by atoms with Crippen LogP contribution in [0, 0.1) is 0 Å². The first-order valence-electron chi connectivity index (χ1n) is 7.37. The van der Waals surface area contributed by atoms with E-state index in [4.69, 9.17) is 4.74 Å². The van der Waals surface area contributed by atoms with Gasteiger partial charge >= 0.3 is 17.8 Å². The number of esters is 1. The van der Waals surface area contributed by atoms with Crippen molar-refractivity contribution in [1.29, 1.82) is 0 Å². The minimum atomic E-state index is -4.43. The fourth-order valence-corrected chi connectivity index (χ4v) is 2.10. The van der Waals surface area contributed by atoms with Gasteiger partial charge in [-0.1, -0.05) is 12.1 Å². The number of hydrogen-bond acceptors (Lipinski definition) is 4. The molecule has 0 unspecified atom stereocenters. The average Bonchev–Trinajstić information content (AvgIpc) is 2.59. The third-order valence-corrected chi connectivity index (χ3v) is 3.53. The van der Waals surface area contributed by atoms with Crippen molar-refractivity contribution >= 4 is 12.0 Å². The van der Waals surface area contributed by atoms with Crippen molar-refractivity contribution in [1.82, 2.24) is 9.13 Å². The van der Waals surface area contributed by atoms with Crippen LogP contribution >= 0.6 is 0 Å².